The molecule has 0 bridgehead atoms. The Morgan fingerprint density at radius 2 is 1.50 bits per heavy atom. The lowest BCUT2D eigenvalue weighted by atomic mass is 9.68. The molecule has 3 aromatic carbocycles. The molecule has 3 heteroatoms. The molecule has 0 heterocycles. The number of carbonyl (C=O) groups excluding carboxylic acids is 2. The number of Topliss-reactive ketones (excluding diaryl/α,β-unsaturated/α-hetero) is 2. The molecule has 0 saturated carbocycles. The summed E-state index contributed by atoms with van der Waals surface area (Å²) in [6.07, 6.45) is 6.50. The smallest absolute Gasteiger partial charge is 0.172 e. The molecule has 146 valence electrons. The van der Waals surface area contributed by atoms with Gasteiger partial charge in [0, 0.05) is 20.9 Å². The van der Waals surface area contributed by atoms with Crippen molar-refractivity contribution >= 4 is 23.3 Å². The zero-order chi connectivity index (χ0) is 20.5. The highest BCUT2D eigenvalue weighted by molar-refractivity contribution is 7.99. The molecular formula is C27H20O2S. The third kappa shape index (κ3) is 3.35. The number of fused-ring (bicyclic) bond motifs is 2. The van der Waals surface area contributed by atoms with Crippen LogP contribution in [0.25, 0.3) is 0 Å². The van der Waals surface area contributed by atoms with Crippen molar-refractivity contribution in [2.75, 3.05) is 0 Å². The van der Waals surface area contributed by atoms with Crippen LogP contribution >= 0.6 is 11.8 Å². The number of rotatable bonds is 4. The molecule has 2 nitrogen and oxygen atoms in total. The second-order valence-electron chi connectivity index (χ2n) is 7.61. The Bertz CT molecular complexity index is 1180. The molecule has 0 saturated heterocycles. The number of benzene rings is 3. The summed E-state index contributed by atoms with van der Waals surface area (Å²) in [5.74, 6) is -0.737. The van der Waals surface area contributed by atoms with E-state index in [0.717, 1.165) is 20.9 Å². The number of hydrogen-bond acceptors (Lipinski definition) is 3. The Labute approximate surface area is 180 Å². The number of hydrogen-bond donors (Lipinski definition) is 0. The Balaban J connectivity index is 1.55. The fourth-order valence-electron chi connectivity index (χ4n) is 4.34. The van der Waals surface area contributed by atoms with Crippen molar-refractivity contribution in [3.63, 3.8) is 0 Å². The molecule has 0 aromatic heterocycles. The molecule has 0 radical (unpaired) electrons. The van der Waals surface area contributed by atoms with Crippen LogP contribution in [0, 0.1) is 11.8 Å². The van der Waals surface area contributed by atoms with Crippen LogP contribution in [0.5, 0.6) is 0 Å². The molecule has 3 aromatic rings. The van der Waals surface area contributed by atoms with Crippen molar-refractivity contribution in [1.82, 2.24) is 0 Å². The monoisotopic (exact) mass is 408 g/mol. The summed E-state index contributed by atoms with van der Waals surface area (Å²) in [5.41, 5.74) is 3.28. The normalized spacial score (nSPS) is 19.8. The van der Waals surface area contributed by atoms with Gasteiger partial charge < -0.3 is 0 Å². The summed E-state index contributed by atoms with van der Waals surface area (Å²) in [4.78, 5) is 29.0. The summed E-state index contributed by atoms with van der Waals surface area (Å²) < 4.78 is 0. The highest BCUT2D eigenvalue weighted by Crippen LogP contribution is 2.43. The summed E-state index contributed by atoms with van der Waals surface area (Å²) >= 11 is 1.54. The predicted octanol–water partition coefficient (Wildman–Crippen LogP) is 6.19. The minimum Gasteiger partial charge on any atom is -0.293 e. The van der Waals surface area contributed by atoms with Gasteiger partial charge in [-0.25, -0.2) is 0 Å². The average molecular weight is 409 g/mol. The molecule has 2 atom stereocenters. The lowest BCUT2D eigenvalue weighted by Gasteiger charge is -2.33. The number of ketones is 2. The molecule has 2 unspecified atom stereocenters. The zero-order valence-electron chi connectivity index (χ0n) is 16.3. The minimum absolute atomic E-state index is 0.0417. The molecule has 2 aliphatic rings. The van der Waals surface area contributed by atoms with Gasteiger partial charge in [-0.05, 0) is 30.2 Å². The first-order valence-corrected chi connectivity index (χ1v) is 10.9. The lowest BCUT2D eigenvalue weighted by Crippen LogP contribution is -2.38. The van der Waals surface area contributed by atoms with E-state index in [1.165, 1.54) is 0 Å². The zero-order valence-corrected chi connectivity index (χ0v) is 17.1. The SMILES string of the molecule is O=C1c2cccc(Sc3ccccc3)c2C(=O)C2C(Cc3ccccc3)=CC=CC12. The highest BCUT2D eigenvalue weighted by atomic mass is 32.2. The van der Waals surface area contributed by atoms with Gasteiger partial charge in [0.05, 0.1) is 11.8 Å². The predicted molar refractivity (Wildman–Crippen MR) is 120 cm³/mol. The first-order chi connectivity index (χ1) is 14.7. The van der Waals surface area contributed by atoms with E-state index in [-0.39, 0.29) is 11.6 Å². The second kappa shape index (κ2) is 7.92. The van der Waals surface area contributed by atoms with Gasteiger partial charge in [0.25, 0.3) is 0 Å². The first-order valence-electron chi connectivity index (χ1n) is 10.1. The van der Waals surface area contributed by atoms with Crippen molar-refractivity contribution in [1.29, 1.82) is 0 Å². The summed E-state index contributed by atoms with van der Waals surface area (Å²) in [7, 11) is 0. The lowest BCUT2D eigenvalue weighted by molar-refractivity contribution is 0.0789. The van der Waals surface area contributed by atoms with Crippen LogP contribution < -0.4 is 0 Å². The van der Waals surface area contributed by atoms with Crippen molar-refractivity contribution in [2.45, 2.75) is 16.2 Å². The Morgan fingerprint density at radius 1 is 0.767 bits per heavy atom. The maximum absolute atomic E-state index is 13.8. The third-order valence-corrected chi connectivity index (χ3v) is 6.80. The van der Waals surface area contributed by atoms with Gasteiger partial charge in [0.2, 0.25) is 0 Å². The van der Waals surface area contributed by atoms with E-state index in [1.54, 1.807) is 17.8 Å². The van der Waals surface area contributed by atoms with Crippen LogP contribution in [0.15, 0.2) is 112 Å². The van der Waals surface area contributed by atoms with E-state index in [4.69, 9.17) is 0 Å². The molecule has 30 heavy (non-hydrogen) atoms. The van der Waals surface area contributed by atoms with Crippen LogP contribution in [-0.2, 0) is 6.42 Å². The molecular weight excluding hydrogens is 388 g/mol. The van der Waals surface area contributed by atoms with Gasteiger partial charge in [-0.15, -0.1) is 0 Å². The van der Waals surface area contributed by atoms with Gasteiger partial charge in [-0.3, -0.25) is 9.59 Å². The van der Waals surface area contributed by atoms with Crippen LogP contribution in [0.3, 0.4) is 0 Å². The maximum atomic E-state index is 13.8. The van der Waals surface area contributed by atoms with Crippen LogP contribution in [0.2, 0.25) is 0 Å². The van der Waals surface area contributed by atoms with Gasteiger partial charge >= 0.3 is 0 Å². The van der Waals surface area contributed by atoms with Crippen molar-refractivity contribution in [2.24, 2.45) is 11.8 Å². The van der Waals surface area contributed by atoms with Gasteiger partial charge in [0.1, 0.15) is 0 Å². The van der Waals surface area contributed by atoms with Gasteiger partial charge in [-0.2, -0.15) is 0 Å². The third-order valence-electron chi connectivity index (χ3n) is 5.73. The van der Waals surface area contributed by atoms with Gasteiger partial charge in [-0.1, -0.05) is 96.2 Å². The van der Waals surface area contributed by atoms with Crippen molar-refractivity contribution in [3.05, 3.63) is 119 Å². The van der Waals surface area contributed by atoms with Gasteiger partial charge in [0.15, 0.2) is 11.6 Å². The summed E-state index contributed by atoms with van der Waals surface area (Å²) in [6.45, 7) is 0. The number of allylic oxidation sites excluding steroid dienone is 4. The van der Waals surface area contributed by atoms with Crippen LogP contribution in [0.4, 0.5) is 0 Å². The van der Waals surface area contributed by atoms with Crippen molar-refractivity contribution in [3.8, 4) is 0 Å². The standard InChI is InChI=1S/C27H20O2S/c28-26-21-14-7-11-19(17-18-9-3-1-4-10-18)24(21)27(29)25-22(26)15-8-16-23(25)30-20-12-5-2-6-13-20/h1-16,21,24H,17H2. The Kier molecular flexibility index (Phi) is 4.97. The minimum atomic E-state index is -0.423. The quantitative estimate of drug-likeness (QED) is 0.516. The number of carbonyl (C=O) groups is 2. The fraction of sp³-hybridized carbons (Fsp3) is 0.111. The van der Waals surface area contributed by atoms with E-state index >= 15 is 0 Å². The molecule has 0 fully saturated rings. The van der Waals surface area contributed by atoms with E-state index < -0.39 is 11.8 Å². The second-order valence-corrected chi connectivity index (χ2v) is 8.73. The van der Waals surface area contributed by atoms with Crippen molar-refractivity contribution < 1.29 is 9.59 Å². The molecule has 0 spiro atoms. The van der Waals surface area contributed by atoms with E-state index in [1.807, 2.05) is 78.9 Å². The van der Waals surface area contributed by atoms with E-state index in [9.17, 15) is 9.59 Å². The van der Waals surface area contributed by atoms with Crippen LogP contribution in [-0.4, -0.2) is 11.6 Å². The molecule has 0 N–H and O–H groups in total. The highest BCUT2D eigenvalue weighted by Gasteiger charge is 2.43. The molecule has 0 aliphatic heterocycles. The van der Waals surface area contributed by atoms with Crippen LogP contribution in [0.1, 0.15) is 26.3 Å². The molecule has 5 rings (SSSR count). The molecule has 2 aliphatic carbocycles. The first kappa shape index (κ1) is 18.8. The Morgan fingerprint density at radius 3 is 2.27 bits per heavy atom. The van der Waals surface area contributed by atoms with E-state index in [2.05, 4.69) is 12.1 Å². The maximum Gasteiger partial charge on any atom is 0.172 e. The largest absolute Gasteiger partial charge is 0.293 e. The average Bonchev–Trinajstić information content (AvgIpc) is 2.79. The fourth-order valence-corrected chi connectivity index (χ4v) is 5.35. The summed E-state index contributed by atoms with van der Waals surface area (Å²) in [5, 5.41) is 0. The summed E-state index contributed by atoms with van der Waals surface area (Å²) in [6, 6.07) is 25.7. The van der Waals surface area contributed by atoms with E-state index in [0.29, 0.717) is 17.5 Å². The Hall–Kier alpha value is -3.17. The topological polar surface area (TPSA) is 34.1 Å². The molecule has 0 amide bonds.